The van der Waals surface area contributed by atoms with Crippen LogP contribution in [0.4, 0.5) is 0 Å². The second-order valence-electron chi connectivity index (χ2n) is 5.34. The molecule has 0 heteroatoms. The van der Waals surface area contributed by atoms with E-state index in [0.29, 0.717) is 0 Å². The topological polar surface area (TPSA) is 0 Å². The zero-order valence-corrected chi connectivity index (χ0v) is 18.6. The van der Waals surface area contributed by atoms with Gasteiger partial charge in [0.25, 0.3) is 0 Å². The van der Waals surface area contributed by atoms with Crippen molar-refractivity contribution in [3.05, 3.63) is 72.8 Å². The Morgan fingerprint density at radius 1 is 0.379 bits per heavy atom. The largest absolute Gasteiger partial charge is 0.0776 e. The van der Waals surface area contributed by atoms with Gasteiger partial charge in [0.05, 0.1) is 0 Å². The van der Waals surface area contributed by atoms with E-state index in [-0.39, 0.29) is 14.9 Å². The van der Waals surface area contributed by atoms with Crippen LogP contribution in [-0.4, -0.2) is 0 Å². The van der Waals surface area contributed by atoms with Gasteiger partial charge in [0.1, 0.15) is 0 Å². The Hall–Kier alpha value is -2.34. The molecule has 0 aromatic heterocycles. The first kappa shape index (κ1) is 31.4. The fraction of sp³-hybridized carbons (Fsp3) is 0.379. The maximum absolute atomic E-state index is 2.21. The standard InChI is InChI=1S/C18H12.C3H8.3C2H6.2CH4/c1-2-8-14-13(7-1)15-9-3-4-11-17(15)18-12-6-5-10-16(14)18;1-3-2;3*1-2;;/h1-12H;3H2,1-2H3;3*1-2H3;2*1H4. The maximum Gasteiger partial charge on any atom is -0.00990 e. The van der Waals surface area contributed by atoms with E-state index >= 15 is 0 Å². The molecule has 0 atom stereocenters. The molecular formula is C29H46. The van der Waals surface area contributed by atoms with Crippen LogP contribution >= 0.6 is 0 Å². The first-order valence-corrected chi connectivity index (χ1v) is 10.6. The molecule has 0 saturated heterocycles. The van der Waals surface area contributed by atoms with Crippen molar-refractivity contribution < 1.29 is 0 Å². The highest BCUT2D eigenvalue weighted by Crippen LogP contribution is 2.34. The minimum Gasteiger partial charge on any atom is -0.0776 e. The van der Waals surface area contributed by atoms with Gasteiger partial charge in [0.15, 0.2) is 0 Å². The molecule has 29 heavy (non-hydrogen) atoms. The second-order valence-corrected chi connectivity index (χ2v) is 5.34. The molecule has 0 N–H and O–H groups in total. The molecule has 0 bridgehead atoms. The van der Waals surface area contributed by atoms with E-state index in [1.54, 1.807) is 0 Å². The van der Waals surface area contributed by atoms with Crippen molar-refractivity contribution in [2.45, 2.75) is 76.7 Å². The summed E-state index contributed by atoms with van der Waals surface area (Å²) in [6.07, 6.45) is 1.25. The fourth-order valence-corrected chi connectivity index (χ4v) is 2.86. The summed E-state index contributed by atoms with van der Waals surface area (Å²) in [5, 5.41) is 8.04. The van der Waals surface area contributed by atoms with Crippen molar-refractivity contribution in [1.29, 1.82) is 0 Å². The van der Waals surface area contributed by atoms with Crippen molar-refractivity contribution in [2.75, 3.05) is 0 Å². The minimum absolute atomic E-state index is 0. The summed E-state index contributed by atoms with van der Waals surface area (Å²) in [5.41, 5.74) is 0. The van der Waals surface area contributed by atoms with E-state index in [2.05, 4.69) is 86.6 Å². The lowest BCUT2D eigenvalue weighted by Gasteiger charge is -2.09. The third-order valence-corrected chi connectivity index (χ3v) is 3.65. The van der Waals surface area contributed by atoms with Crippen LogP contribution in [0.25, 0.3) is 32.3 Å². The van der Waals surface area contributed by atoms with Crippen LogP contribution in [0.1, 0.15) is 76.7 Å². The van der Waals surface area contributed by atoms with E-state index in [9.17, 15) is 0 Å². The number of fused-ring (bicyclic) bond motifs is 6. The molecule has 0 radical (unpaired) electrons. The van der Waals surface area contributed by atoms with Crippen LogP contribution in [0.15, 0.2) is 72.8 Å². The third-order valence-electron chi connectivity index (χ3n) is 3.65. The molecule has 0 unspecified atom stereocenters. The maximum atomic E-state index is 2.21. The van der Waals surface area contributed by atoms with Gasteiger partial charge in [0.2, 0.25) is 0 Å². The highest BCUT2D eigenvalue weighted by Gasteiger charge is 2.06. The molecule has 0 nitrogen and oxygen atoms in total. The fourth-order valence-electron chi connectivity index (χ4n) is 2.86. The predicted molar refractivity (Wildman–Crippen MR) is 142 cm³/mol. The van der Waals surface area contributed by atoms with Crippen LogP contribution in [0.3, 0.4) is 0 Å². The van der Waals surface area contributed by atoms with Gasteiger partial charge in [-0.25, -0.2) is 0 Å². The molecule has 162 valence electrons. The Morgan fingerprint density at radius 2 is 0.483 bits per heavy atom. The van der Waals surface area contributed by atoms with Crippen molar-refractivity contribution in [2.24, 2.45) is 0 Å². The summed E-state index contributed by atoms with van der Waals surface area (Å²) >= 11 is 0. The van der Waals surface area contributed by atoms with E-state index in [1.165, 1.54) is 38.7 Å². The van der Waals surface area contributed by atoms with Gasteiger partial charge in [0, 0.05) is 0 Å². The first-order chi connectivity index (χ1) is 13.4. The second kappa shape index (κ2) is 19.0. The minimum atomic E-state index is 0. The lowest BCUT2D eigenvalue weighted by atomic mass is 9.95. The van der Waals surface area contributed by atoms with Crippen molar-refractivity contribution in [3.8, 4) is 0 Å². The molecular weight excluding hydrogens is 348 g/mol. The quantitative estimate of drug-likeness (QED) is 0.260. The molecule has 0 saturated carbocycles. The van der Waals surface area contributed by atoms with Gasteiger partial charge in [-0.05, 0) is 32.3 Å². The van der Waals surface area contributed by atoms with Crippen LogP contribution in [0, 0.1) is 0 Å². The average molecular weight is 395 g/mol. The first-order valence-electron chi connectivity index (χ1n) is 10.6. The Bertz CT molecular complexity index is 667. The summed E-state index contributed by atoms with van der Waals surface area (Å²) < 4.78 is 0. The normalized spacial score (nSPS) is 8.28. The zero-order chi connectivity index (χ0) is 20.7. The van der Waals surface area contributed by atoms with E-state index in [4.69, 9.17) is 0 Å². The summed E-state index contributed by atoms with van der Waals surface area (Å²) in [6.45, 7) is 16.2. The summed E-state index contributed by atoms with van der Waals surface area (Å²) in [4.78, 5) is 0. The molecule has 0 aliphatic rings. The average Bonchev–Trinajstić information content (AvgIpc) is 2.79. The number of hydrogen-bond acceptors (Lipinski definition) is 0. The van der Waals surface area contributed by atoms with Gasteiger partial charge in [-0.3, -0.25) is 0 Å². The molecule has 4 rings (SSSR count). The van der Waals surface area contributed by atoms with E-state index < -0.39 is 0 Å². The number of rotatable bonds is 0. The van der Waals surface area contributed by atoms with E-state index in [0.717, 1.165) is 0 Å². The van der Waals surface area contributed by atoms with Crippen molar-refractivity contribution >= 4 is 32.3 Å². The van der Waals surface area contributed by atoms with Crippen LogP contribution in [-0.2, 0) is 0 Å². The molecule has 0 fully saturated rings. The molecule has 4 aromatic rings. The van der Waals surface area contributed by atoms with E-state index in [1.807, 2.05) is 41.5 Å². The van der Waals surface area contributed by atoms with Gasteiger partial charge in [-0.15, -0.1) is 0 Å². The lowest BCUT2D eigenvalue weighted by Crippen LogP contribution is -1.81. The summed E-state index contributed by atoms with van der Waals surface area (Å²) in [5.74, 6) is 0. The number of hydrogen-bond donors (Lipinski definition) is 0. The smallest absolute Gasteiger partial charge is 0.00990 e. The molecule has 0 amide bonds. The van der Waals surface area contributed by atoms with Crippen molar-refractivity contribution in [1.82, 2.24) is 0 Å². The highest BCUT2D eigenvalue weighted by atomic mass is 14.1. The Kier molecular flexibility index (Phi) is 20.5. The molecule has 0 spiro atoms. The van der Waals surface area contributed by atoms with Gasteiger partial charge < -0.3 is 0 Å². The van der Waals surface area contributed by atoms with Crippen molar-refractivity contribution in [3.63, 3.8) is 0 Å². The Morgan fingerprint density at radius 3 is 0.586 bits per heavy atom. The molecule has 0 heterocycles. The SMILES string of the molecule is C.C.CC.CC.CC.CCC.c1ccc2c(c1)c1ccccc1c1ccccc21. The highest BCUT2D eigenvalue weighted by molar-refractivity contribution is 6.25. The van der Waals surface area contributed by atoms with Crippen LogP contribution < -0.4 is 0 Å². The summed E-state index contributed by atoms with van der Waals surface area (Å²) in [6, 6.07) is 26.0. The predicted octanol–water partition coefficient (Wildman–Crippen LogP) is 10.9. The molecule has 0 aliphatic heterocycles. The Balaban J connectivity index is -0.000000545. The molecule has 4 aromatic carbocycles. The van der Waals surface area contributed by atoms with Gasteiger partial charge in [-0.1, -0.05) is 149 Å². The third kappa shape index (κ3) is 7.89. The van der Waals surface area contributed by atoms with Gasteiger partial charge >= 0.3 is 0 Å². The lowest BCUT2D eigenvalue weighted by molar-refractivity contribution is 1.09. The number of benzene rings is 4. The zero-order valence-electron chi connectivity index (χ0n) is 18.6. The van der Waals surface area contributed by atoms with Gasteiger partial charge in [-0.2, -0.15) is 0 Å². The Labute approximate surface area is 182 Å². The van der Waals surface area contributed by atoms with Crippen LogP contribution in [0.5, 0.6) is 0 Å². The monoisotopic (exact) mass is 394 g/mol. The molecule has 0 aliphatic carbocycles. The van der Waals surface area contributed by atoms with Crippen LogP contribution in [0.2, 0.25) is 0 Å². The summed E-state index contributed by atoms with van der Waals surface area (Å²) in [7, 11) is 0.